The average Bonchev–Trinajstić information content (AvgIpc) is 2.49. The van der Waals surface area contributed by atoms with Crippen LogP contribution in [0, 0.1) is 6.92 Å². The third-order valence-corrected chi connectivity index (χ3v) is 3.85. The molecule has 0 bridgehead atoms. The van der Waals surface area contributed by atoms with Crippen molar-refractivity contribution in [1.82, 2.24) is 0 Å². The number of hydrogen-bond donors (Lipinski definition) is 2. The molecule has 1 atom stereocenters. The average molecular weight is 334 g/mol. The van der Waals surface area contributed by atoms with Gasteiger partial charge in [0.2, 0.25) is 0 Å². The number of hydrogen-bond acceptors (Lipinski definition) is 2. The summed E-state index contributed by atoms with van der Waals surface area (Å²) in [5.74, 6) is 0.769. The SMILES string of the molecule is COc1ccc(Cl)cc1C[NH+](C)CC(=O)Nc1ccccc1C. The van der Waals surface area contributed by atoms with Crippen molar-refractivity contribution in [2.45, 2.75) is 13.5 Å². The molecule has 1 unspecified atom stereocenters. The molecule has 2 aromatic carbocycles. The Kier molecular flexibility index (Phi) is 6.02. The van der Waals surface area contributed by atoms with Crippen LogP contribution in [0.2, 0.25) is 5.02 Å². The van der Waals surface area contributed by atoms with Gasteiger partial charge < -0.3 is 15.0 Å². The normalized spacial score (nSPS) is 11.8. The molecule has 0 radical (unpaired) electrons. The van der Waals surface area contributed by atoms with Crippen LogP contribution in [-0.4, -0.2) is 26.6 Å². The van der Waals surface area contributed by atoms with Gasteiger partial charge in [-0.3, -0.25) is 4.79 Å². The smallest absolute Gasteiger partial charge is 0.279 e. The van der Waals surface area contributed by atoms with Gasteiger partial charge in [-0.05, 0) is 36.8 Å². The van der Waals surface area contributed by atoms with E-state index < -0.39 is 0 Å². The lowest BCUT2D eigenvalue weighted by Crippen LogP contribution is -3.08. The van der Waals surface area contributed by atoms with E-state index in [1.165, 1.54) is 0 Å². The van der Waals surface area contributed by atoms with Crippen molar-refractivity contribution in [1.29, 1.82) is 0 Å². The van der Waals surface area contributed by atoms with Gasteiger partial charge in [-0.15, -0.1) is 0 Å². The maximum Gasteiger partial charge on any atom is 0.279 e. The Morgan fingerprint density at radius 1 is 1.26 bits per heavy atom. The standard InChI is InChI=1S/C18H21ClN2O2/c1-13-6-4-5-7-16(13)20-18(22)12-21(2)11-14-10-15(19)8-9-17(14)23-3/h4-10H,11-12H2,1-3H3,(H,20,22)/p+1. The number of nitrogens with one attached hydrogen (secondary N) is 2. The Labute approximate surface area is 142 Å². The minimum Gasteiger partial charge on any atom is -0.496 e. The van der Waals surface area contributed by atoms with E-state index in [2.05, 4.69) is 5.32 Å². The van der Waals surface area contributed by atoms with Gasteiger partial charge in [0.1, 0.15) is 12.3 Å². The molecule has 4 nitrogen and oxygen atoms in total. The Morgan fingerprint density at radius 3 is 2.70 bits per heavy atom. The fourth-order valence-electron chi connectivity index (χ4n) is 2.45. The van der Waals surface area contributed by atoms with Crippen molar-refractivity contribution < 1.29 is 14.4 Å². The number of aryl methyl sites for hydroxylation is 1. The van der Waals surface area contributed by atoms with Crippen LogP contribution in [0.5, 0.6) is 5.75 Å². The topological polar surface area (TPSA) is 42.8 Å². The molecule has 0 spiro atoms. The van der Waals surface area contributed by atoms with Crippen LogP contribution in [0.3, 0.4) is 0 Å². The zero-order valence-corrected chi connectivity index (χ0v) is 14.4. The fraction of sp³-hybridized carbons (Fsp3) is 0.278. The molecule has 23 heavy (non-hydrogen) atoms. The highest BCUT2D eigenvalue weighted by Crippen LogP contribution is 2.21. The second kappa shape index (κ2) is 7.99. The second-order valence-electron chi connectivity index (χ2n) is 5.63. The van der Waals surface area contributed by atoms with Gasteiger partial charge in [0, 0.05) is 16.3 Å². The summed E-state index contributed by atoms with van der Waals surface area (Å²) in [5.41, 5.74) is 2.89. The number of benzene rings is 2. The summed E-state index contributed by atoms with van der Waals surface area (Å²) in [5, 5.41) is 3.61. The van der Waals surface area contributed by atoms with Crippen LogP contribution < -0.4 is 15.0 Å². The fourth-order valence-corrected chi connectivity index (χ4v) is 2.65. The molecule has 0 saturated carbocycles. The van der Waals surface area contributed by atoms with Gasteiger partial charge in [-0.25, -0.2) is 0 Å². The predicted octanol–water partition coefficient (Wildman–Crippen LogP) is 2.31. The molecule has 1 amide bonds. The van der Waals surface area contributed by atoms with Crippen LogP contribution >= 0.6 is 11.6 Å². The van der Waals surface area contributed by atoms with Gasteiger partial charge in [0.25, 0.3) is 5.91 Å². The number of carbonyl (C=O) groups excluding carboxylic acids is 1. The van der Waals surface area contributed by atoms with Gasteiger partial charge >= 0.3 is 0 Å². The first kappa shape index (κ1) is 17.3. The van der Waals surface area contributed by atoms with Gasteiger partial charge in [0.15, 0.2) is 6.54 Å². The highest BCUT2D eigenvalue weighted by molar-refractivity contribution is 6.30. The third-order valence-electron chi connectivity index (χ3n) is 3.62. The van der Waals surface area contributed by atoms with Crippen LogP contribution in [-0.2, 0) is 11.3 Å². The quantitative estimate of drug-likeness (QED) is 0.852. The molecule has 0 aromatic heterocycles. The van der Waals surface area contributed by atoms with Crippen molar-refractivity contribution in [2.75, 3.05) is 26.0 Å². The summed E-state index contributed by atoms with van der Waals surface area (Å²) in [6.45, 7) is 3.00. The van der Waals surface area contributed by atoms with Crippen molar-refractivity contribution in [2.24, 2.45) is 0 Å². The number of ether oxygens (including phenoxy) is 1. The molecule has 2 rings (SSSR count). The molecule has 0 fully saturated rings. The van der Waals surface area contributed by atoms with E-state index in [9.17, 15) is 4.79 Å². The monoisotopic (exact) mass is 333 g/mol. The lowest BCUT2D eigenvalue weighted by Gasteiger charge is -2.16. The zero-order chi connectivity index (χ0) is 16.8. The van der Waals surface area contributed by atoms with Gasteiger partial charge in [-0.2, -0.15) is 0 Å². The summed E-state index contributed by atoms with van der Waals surface area (Å²) in [7, 11) is 3.60. The molecular weight excluding hydrogens is 312 g/mol. The highest BCUT2D eigenvalue weighted by Gasteiger charge is 2.14. The van der Waals surface area contributed by atoms with Crippen LogP contribution in [0.4, 0.5) is 5.69 Å². The second-order valence-corrected chi connectivity index (χ2v) is 6.07. The van der Waals surface area contributed by atoms with E-state index in [1.807, 2.05) is 50.4 Å². The molecule has 0 aliphatic heterocycles. The molecule has 0 aliphatic carbocycles. The molecular formula is C18H22ClN2O2+. The van der Waals surface area contributed by atoms with Crippen molar-refractivity contribution in [3.8, 4) is 5.75 Å². The first-order valence-corrected chi connectivity index (χ1v) is 7.86. The number of quaternary nitrogens is 1. The summed E-state index contributed by atoms with van der Waals surface area (Å²) in [6, 6.07) is 13.3. The van der Waals surface area contributed by atoms with Crippen LogP contribution in [0.1, 0.15) is 11.1 Å². The van der Waals surface area contributed by atoms with E-state index in [0.717, 1.165) is 27.5 Å². The first-order valence-electron chi connectivity index (χ1n) is 7.49. The first-order chi connectivity index (χ1) is 11.0. The molecule has 2 aromatic rings. The molecule has 5 heteroatoms. The van der Waals surface area contributed by atoms with E-state index >= 15 is 0 Å². The Hall–Kier alpha value is -2.04. The number of likely N-dealkylation sites (N-methyl/N-ethyl adjacent to an activating group) is 1. The Bertz CT molecular complexity index is 688. The zero-order valence-electron chi connectivity index (χ0n) is 13.7. The predicted molar refractivity (Wildman–Crippen MR) is 93.3 cm³/mol. The number of carbonyl (C=O) groups is 1. The van der Waals surface area contributed by atoms with Crippen molar-refractivity contribution in [3.63, 3.8) is 0 Å². The van der Waals surface area contributed by atoms with Crippen LogP contribution in [0.15, 0.2) is 42.5 Å². The summed E-state index contributed by atoms with van der Waals surface area (Å²) < 4.78 is 5.35. The maximum atomic E-state index is 12.2. The number of halogens is 1. The highest BCUT2D eigenvalue weighted by atomic mass is 35.5. The van der Waals surface area contributed by atoms with Gasteiger partial charge in [-0.1, -0.05) is 29.8 Å². The molecule has 0 saturated heterocycles. The number of para-hydroxylation sites is 1. The third kappa shape index (κ3) is 4.98. The summed E-state index contributed by atoms with van der Waals surface area (Å²) in [4.78, 5) is 13.2. The number of rotatable bonds is 6. The van der Waals surface area contributed by atoms with Crippen molar-refractivity contribution in [3.05, 3.63) is 58.6 Å². The lowest BCUT2D eigenvalue weighted by atomic mass is 10.2. The van der Waals surface area contributed by atoms with E-state index in [1.54, 1.807) is 13.2 Å². The molecule has 122 valence electrons. The molecule has 0 heterocycles. The van der Waals surface area contributed by atoms with Crippen molar-refractivity contribution >= 4 is 23.2 Å². The number of methoxy groups -OCH3 is 1. The maximum absolute atomic E-state index is 12.2. The molecule has 2 N–H and O–H groups in total. The lowest BCUT2D eigenvalue weighted by molar-refractivity contribution is -0.885. The summed E-state index contributed by atoms with van der Waals surface area (Å²) in [6.07, 6.45) is 0. The summed E-state index contributed by atoms with van der Waals surface area (Å²) >= 11 is 6.04. The molecule has 0 aliphatic rings. The van der Waals surface area contributed by atoms with E-state index in [-0.39, 0.29) is 5.91 Å². The Balaban J connectivity index is 1.97. The van der Waals surface area contributed by atoms with E-state index in [0.29, 0.717) is 18.1 Å². The number of anilines is 1. The van der Waals surface area contributed by atoms with Gasteiger partial charge in [0.05, 0.1) is 14.2 Å². The minimum absolute atomic E-state index is 0.0159. The minimum atomic E-state index is -0.0159. The largest absolute Gasteiger partial charge is 0.496 e. The van der Waals surface area contributed by atoms with Crippen LogP contribution in [0.25, 0.3) is 0 Å². The Morgan fingerprint density at radius 2 is 2.00 bits per heavy atom. The number of amides is 1. The van der Waals surface area contributed by atoms with E-state index in [4.69, 9.17) is 16.3 Å².